The Morgan fingerprint density at radius 3 is 1.93 bits per heavy atom. The monoisotopic (exact) mass is 200 g/mol. The third-order valence-electron chi connectivity index (χ3n) is 2.01. The van der Waals surface area contributed by atoms with E-state index in [9.17, 15) is 4.79 Å². The van der Waals surface area contributed by atoms with E-state index in [4.69, 9.17) is 5.73 Å². The Balaban J connectivity index is 4.11. The van der Waals surface area contributed by atoms with Crippen LogP contribution in [-0.2, 0) is 4.79 Å². The summed E-state index contributed by atoms with van der Waals surface area (Å²) in [7, 11) is 0. The molecule has 1 unspecified atom stereocenters. The highest BCUT2D eigenvalue weighted by molar-refractivity contribution is 5.82. The Morgan fingerprint density at radius 2 is 1.64 bits per heavy atom. The zero-order valence-corrected chi connectivity index (χ0v) is 10.3. The van der Waals surface area contributed by atoms with Crippen molar-refractivity contribution in [1.82, 2.24) is 5.32 Å². The van der Waals surface area contributed by atoms with Crippen LogP contribution in [0.2, 0.25) is 0 Å². The Morgan fingerprint density at radius 1 is 1.21 bits per heavy atom. The second kappa shape index (κ2) is 4.30. The van der Waals surface area contributed by atoms with Crippen LogP contribution in [0.25, 0.3) is 0 Å². The minimum Gasteiger partial charge on any atom is -0.354 e. The predicted octanol–water partition coefficient (Wildman–Crippen LogP) is 1.52. The number of nitrogens with two attached hydrogens (primary N) is 1. The van der Waals surface area contributed by atoms with Gasteiger partial charge in [0.15, 0.2) is 0 Å². The summed E-state index contributed by atoms with van der Waals surface area (Å²) in [5, 5.41) is 2.86. The lowest BCUT2D eigenvalue weighted by atomic mass is 9.86. The van der Waals surface area contributed by atoms with Gasteiger partial charge in [0.05, 0.1) is 6.04 Å². The van der Waals surface area contributed by atoms with Crippen molar-refractivity contribution in [2.24, 2.45) is 16.6 Å². The van der Waals surface area contributed by atoms with Crippen molar-refractivity contribution in [3.63, 3.8) is 0 Å². The van der Waals surface area contributed by atoms with Crippen LogP contribution in [0.1, 0.15) is 41.5 Å². The molecular weight excluding hydrogens is 176 g/mol. The van der Waals surface area contributed by atoms with E-state index >= 15 is 0 Å². The van der Waals surface area contributed by atoms with Crippen molar-refractivity contribution in [3.05, 3.63) is 0 Å². The van der Waals surface area contributed by atoms with E-state index in [1.165, 1.54) is 0 Å². The molecule has 0 aliphatic carbocycles. The van der Waals surface area contributed by atoms with Crippen LogP contribution in [0.15, 0.2) is 0 Å². The molecule has 0 radical (unpaired) electrons. The first-order valence-electron chi connectivity index (χ1n) is 5.07. The smallest absolute Gasteiger partial charge is 0.237 e. The Kier molecular flexibility index (Phi) is 4.13. The highest BCUT2D eigenvalue weighted by atomic mass is 16.2. The van der Waals surface area contributed by atoms with E-state index in [2.05, 4.69) is 26.1 Å². The lowest BCUT2D eigenvalue weighted by molar-refractivity contribution is -0.124. The van der Waals surface area contributed by atoms with Crippen LogP contribution in [0.5, 0.6) is 0 Å². The van der Waals surface area contributed by atoms with Crippen molar-refractivity contribution in [1.29, 1.82) is 0 Å². The van der Waals surface area contributed by atoms with E-state index in [1.807, 2.05) is 20.8 Å². The minimum absolute atomic E-state index is 0.0626. The molecule has 0 heterocycles. The predicted molar refractivity (Wildman–Crippen MR) is 59.9 cm³/mol. The average molecular weight is 200 g/mol. The Bertz CT molecular complexity index is 198. The van der Waals surface area contributed by atoms with Crippen molar-refractivity contribution in [2.75, 3.05) is 6.54 Å². The van der Waals surface area contributed by atoms with Gasteiger partial charge >= 0.3 is 0 Å². The summed E-state index contributed by atoms with van der Waals surface area (Å²) in [6, 6.07) is -0.440. The average Bonchev–Trinajstić information content (AvgIpc) is 1.95. The summed E-state index contributed by atoms with van der Waals surface area (Å²) >= 11 is 0. The zero-order valence-electron chi connectivity index (χ0n) is 10.3. The number of hydrogen-bond donors (Lipinski definition) is 2. The molecule has 0 aromatic rings. The van der Waals surface area contributed by atoms with E-state index < -0.39 is 6.04 Å². The first-order valence-corrected chi connectivity index (χ1v) is 5.07. The molecule has 3 nitrogen and oxygen atoms in total. The highest BCUT2D eigenvalue weighted by Gasteiger charge is 2.27. The SMILES string of the molecule is CC(C)(C)CNC(=O)C(N)C(C)(C)C. The maximum absolute atomic E-state index is 11.6. The number of nitrogens with one attached hydrogen (secondary N) is 1. The van der Waals surface area contributed by atoms with Gasteiger partial charge in [0.2, 0.25) is 5.91 Å². The van der Waals surface area contributed by atoms with Crippen LogP contribution in [0.3, 0.4) is 0 Å². The Labute approximate surface area is 87.4 Å². The van der Waals surface area contributed by atoms with Crippen molar-refractivity contribution >= 4 is 5.91 Å². The van der Waals surface area contributed by atoms with E-state index in [0.29, 0.717) is 6.54 Å². The molecule has 0 spiro atoms. The number of carbonyl (C=O) groups is 1. The molecule has 0 aliphatic rings. The molecule has 0 rings (SSSR count). The number of amides is 1. The lowest BCUT2D eigenvalue weighted by Crippen LogP contribution is -2.50. The second-order valence-corrected chi connectivity index (χ2v) is 6.12. The molecular formula is C11H24N2O. The fourth-order valence-corrected chi connectivity index (χ4v) is 0.856. The quantitative estimate of drug-likeness (QED) is 0.710. The third kappa shape index (κ3) is 5.22. The van der Waals surface area contributed by atoms with Gasteiger partial charge in [-0.25, -0.2) is 0 Å². The van der Waals surface area contributed by atoms with E-state index in [-0.39, 0.29) is 16.7 Å². The molecule has 3 heteroatoms. The van der Waals surface area contributed by atoms with Gasteiger partial charge < -0.3 is 11.1 Å². The minimum atomic E-state index is -0.440. The molecule has 0 bridgehead atoms. The molecule has 1 amide bonds. The van der Waals surface area contributed by atoms with Crippen LogP contribution < -0.4 is 11.1 Å². The van der Waals surface area contributed by atoms with Gasteiger partial charge in [0, 0.05) is 6.54 Å². The zero-order chi connectivity index (χ0) is 11.6. The van der Waals surface area contributed by atoms with E-state index in [0.717, 1.165) is 0 Å². The van der Waals surface area contributed by atoms with Crippen molar-refractivity contribution in [2.45, 2.75) is 47.6 Å². The van der Waals surface area contributed by atoms with Crippen molar-refractivity contribution in [3.8, 4) is 0 Å². The van der Waals surface area contributed by atoms with Gasteiger partial charge in [-0.15, -0.1) is 0 Å². The van der Waals surface area contributed by atoms with Crippen LogP contribution in [0.4, 0.5) is 0 Å². The summed E-state index contributed by atoms with van der Waals surface area (Å²) < 4.78 is 0. The summed E-state index contributed by atoms with van der Waals surface area (Å²) in [6.07, 6.45) is 0. The number of hydrogen-bond acceptors (Lipinski definition) is 2. The van der Waals surface area contributed by atoms with Gasteiger partial charge in [-0.1, -0.05) is 41.5 Å². The molecule has 0 aromatic heterocycles. The molecule has 84 valence electrons. The van der Waals surface area contributed by atoms with Gasteiger partial charge in [0.25, 0.3) is 0 Å². The van der Waals surface area contributed by atoms with Gasteiger partial charge in [-0.05, 0) is 10.8 Å². The van der Waals surface area contributed by atoms with Gasteiger partial charge in [-0.2, -0.15) is 0 Å². The Hall–Kier alpha value is -0.570. The molecule has 0 aromatic carbocycles. The van der Waals surface area contributed by atoms with Crippen molar-refractivity contribution < 1.29 is 4.79 Å². The van der Waals surface area contributed by atoms with Gasteiger partial charge in [0.1, 0.15) is 0 Å². The third-order valence-corrected chi connectivity index (χ3v) is 2.01. The number of rotatable bonds is 2. The molecule has 0 aliphatic heterocycles. The van der Waals surface area contributed by atoms with Gasteiger partial charge in [-0.3, -0.25) is 4.79 Å². The highest BCUT2D eigenvalue weighted by Crippen LogP contribution is 2.17. The van der Waals surface area contributed by atoms with E-state index in [1.54, 1.807) is 0 Å². The van der Waals surface area contributed by atoms with Crippen LogP contribution in [-0.4, -0.2) is 18.5 Å². The normalized spacial score (nSPS) is 15.1. The standard InChI is InChI=1S/C11H24N2O/c1-10(2,3)7-13-9(14)8(12)11(4,5)6/h8H,7,12H2,1-6H3,(H,13,14). The summed E-state index contributed by atoms with van der Waals surface area (Å²) in [5.74, 6) is -0.0626. The number of carbonyl (C=O) groups excluding carboxylic acids is 1. The topological polar surface area (TPSA) is 55.1 Å². The summed E-state index contributed by atoms with van der Waals surface area (Å²) in [5.41, 5.74) is 5.74. The first kappa shape index (κ1) is 13.4. The molecule has 3 N–H and O–H groups in total. The summed E-state index contributed by atoms with van der Waals surface area (Å²) in [4.78, 5) is 11.6. The lowest BCUT2D eigenvalue weighted by Gasteiger charge is -2.27. The maximum atomic E-state index is 11.6. The molecule has 1 atom stereocenters. The largest absolute Gasteiger partial charge is 0.354 e. The van der Waals surface area contributed by atoms with Crippen LogP contribution >= 0.6 is 0 Å². The van der Waals surface area contributed by atoms with Crippen LogP contribution in [0, 0.1) is 10.8 Å². The fraction of sp³-hybridized carbons (Fsp3) is 0.909. The molecule has 0 saturated carbocycles. The maximum Gasteiger partial charge on any atom is 0.237 e. The second-order valence-electron chi connectivity index (χ2n) is 6.12. The molecule has 0 fully saturated rings. The first-order chi connectivity index (χ1) is 6.04. The molecule has 0 saturated heterocycles. The molecule has 14 heavy (non-hydrogen) atoms. The summed E-state index contributed by atoms with van der Waals surface area (Å²) in [6.45, 7) is 12.8. The fourth-order valence-electron chi connectivity index (χ4n) is 0.856.